The molecule has 5 aromatic carbocycles. The number of phenolic OH excluding ortho intramolecular Hbond substituents is 1. The number of fused-ring (bicyclic) bond motifs is 2. The first-order chi connectivity index (χ1) is 27.1. The van der Waals surface area contributed by atoms with Crippen LogP contribution in [0.5, 0.6) is 5.75 Å². The minimum atomic E-state index is -5.19. The highest BCUT2D eigenvalue weighted by molar-refractivity contribution is 7.87. The van der Waals surface area contributed by atoms with E-state index in [0.717, 1.165) is 42.5 Å². The van der Waals surface area contributed by atoms with Gasteiger partial charge < -0.3 is 21.5 Å². The number of nitrogens with zero attached hydrogens (tertiary/aromatic N) is 5. The number of phenols is 1. The Labute approximate surface area is 336 Å². The van der Waals surface area contributed by atoms with Crippen LogP contribution in [0.1, 0.15) is 0 Å². The van der Waals surface area contributed by atoms with Gasteiger partial charge in [-0.1, -0.05) is 6.07 Å². The second-order valence-electron chi connectivity index (χ2n) is 11.8. The lowest BCUT2D eigenvalue weighted by Crippen LogP contribution is -2.06. The molecule has 310 valence electrons. The van der Waals surface area contributed by atoms with E-state index < -0.39 is 126 Å². The van der Waals surface area contributed by atoms with Crippen LogP contribution in [0.25, 0.3) is 21.5 Å². The van der Waals surface area contributed by atoms with Crippen LogP contribution < -0.4 is 16.4 Å². The van der Waals surface area contributed by atoms with Crippen LogP contribution in [0.3, 0.4) is 0 Å². The summed E-state index contributed by atoms with van der Waals surface area (Å²) in [6.45, 7) is 0. The first kappa shape index (κ1) is 42.9. The topological polar surface area (TPSA) is 406 Å². The minimum Gasteiger partial charge on any atom is -0.507 e. The first-order valence-corrected chi connectivity index (χ1v) is 22.7. The number of rotatable bonds is 11. The lowest BCUT2D eigenvalue weighted by molar-refractivity contribution is 0.471. The summed E-state index contributed by atoms with van der Waals surface area (Å²) in [7, 11) is -24.9. The van der Waals surface area contributed by atoms with Crippen molar-refractivity contribution in [3.63, 3.8) is 0 Å². The van der Waals surface area contributed by atoms with Gasteiger partial charge in [0.1, 0.15) is 26.9 Å². The summed E-state index contributed by atoms with van der Waals surface area (Å²) >= 11 is 6.08. The number of aromatic hydroxyl groups is 1. The Kier molecular flexibility index (Phi) is 10.8. The van der Waals surface area contributed by atoms with Gasteiger partial charge in [0.15, 0.2) is 0 Å². The minimum absolute atomic E-state index is 0.0867. The molecule has 1 aromatic heterocycles. The largest absolute Gasteiger partial charge is 0.507 e. The lowest BCUT2D eigenvalue weighted by atomic mass is 10.1. The number of hydrogen-bond acceptors (Lipinski definition) is 19. The molecule has 0 aliphatic carbocycles. The zero-order valence-electron chi connectivity index (χ0n) is 28.3. The van der Waals surface area contributed by atoms with Crippen molar-refractivity contribution in [3.8, 4) is 5.75 Å². The van der Waals surface area contributed by atoms with E-state index in [4.69, 9.17) is 17.3 Å². The van der Waals surface area contributed by atoms with Gasteiger partial charge in [0.25, 0.3) is 50.6 Å². The van der Waals surface area contributed by atoms with Crippen LogP contribution in [0.4, 0.5) is 40.3 Å². The normalized spacial score (nSPS) is 13.0. The zero-order valence-corrected chi connectivity index (χ0v) is 33.2. The molecule has 0 radical (unpaired) electrons. The smallest absolute Gasteiger partial charge is 0.296 e. The molecule has 0 atom stereocenters. The Hall–Kier alpha value is -5.73. The van der Waals surface area contributed by atoms with Gasteiger partial charge in [0, 0.05) is 17.1 Å². The van der Waals surface area contributed by atoms with Crippen molar-refractivity contribution in [1.82, 2.24) is 15.0 Å². The van der Waals surface area contributed by atoms with E-state index in [1.165, 1.54) is 6.07 Å². The summed E-state index contributed by atoms with van der Waals surface area (Å²) in [6, 6.07) is 9.77. The maximum atomic E-state index is 12.5. The Morgan fingerprint density at radius 3 is 1.73 bits per heavy atom. The Morgan fingerprint density at radius 1 is 0.576 bits per heavy atom. The van der Waals surface area contributed by atoms with Gasteiger partial charge >= 0.3 is 0 Å². The lowest BCUT2D eigenvalue weighted by Gasteiger charge is -2.13. The van der Waals surface area contributed by atoms with Crippen molar-refractivity contribution in [3.05, 3.63) is 72.0 Å². The summed E-state index contributed by atoms with van der Waals surface area (Å²) in [5, 5.41) is 22.0. The molecular formula is C29H21ClN8O16S5. The average Bonchev–Trinajstić information content (AvgIpc) is 3.08. The third-order valence-electron chi connectivity index (χ3n) is 7.84. The molecule has 10 N–H and O–H groups in total. The molecule has 59 heavy (non-hydrogen) atoms. The molecule has 6 rings (SSSR count). The molecular weight excluding hydrogens is 912 g/mol. The quantitative estimate of drug-likeness (QED) is 0.0498. The Morgan fingerprint density at radius 2 is 1.14 bits per heavy atom. The molecule has 0 unspecified atom stereocenters. The van der Waals surface area contributed by atoms with E-state index >= 15 is 0 Å². The van der Waals surface area contributed by atoms with E-state index in [-0.39, 0.29) is 22.1 Å². The zero-order chi connectivity index (χ0) is 43.6. The van der Waals surface area contributed by atoms with Gasteiger partial charge in [-0.15, -0.1) is 10.2 Å². The number of nitrogens with two attached hydrogens (primary N) is 1. The molecule has 0 amide bonds. The van der Waals surface area contributed by atoms with Crippen LogP contribution in [0.2, 0.25) is 5.28 Å². The van der Waals surface area contributed by atoms with Crippen LogP contribution in [-0.4, -0.2) is 84.9 Å². The van der Waals surface area contributed by atoms with Crippen molar-refractivity contribution in [2.24, 2.45) is 10.2 Å². The molecule has 0 bridgehead atoms. The standard InChI is InChI=1S/C29H21ClN8O16S5/c30-27-34-28(36-29(35-27)33-20-10-16(56(43,44)45)6-12-5-15(55(40,41)42)2-3-18(12)20)32-14-1-4-19(22(9-14)58(49,50)51)37-38-26-24-13(8-23(25(26)31)59(52,53)54)7-17(11-21(24)39)57(46,47)48/h1-11,39H,31H2,(H,40,41,42)(H,43,44,45)(H,46,47,48)(H,49,50,51)(H,52,53,54)(H2,32,33,34,35,36). The van der Waals surface area contributed by atoms with Crippen LogP contribution >= 0.6 is 11.6 Å². The number of anilines is 5. The fourth-order valence-electron chi connectivity index (χ4n) is 5.36. The summed E-state index contributed by atoms with van der Waals surface area (Å²) in [5.74, 6) is -1.74. The van der Waals surface area contributed by atoms with Gasteiger partial charge in [-0.2, -0.15) is 57.0 Å². The Balaban J connectivity index is 1.40. The van der Waals surface area contributed by atoms with Crippen molar-refractivity contribution in [2.75, 3.05) is 16.4 Å². The molecule has 0 spiro atoms. The third-order valence-corrected chi connectivity index (χ3v) is 12.3. The Bertz CT molecular complexity index is 3400. The molecule has 0 aliphatic rings. The van der Waals surface area contributed by atoms with Crippen molar-refractivity contribution >= 4 is 124 Å². The maximum Gasteiger partial charge on any atom is 0.296 e. The van der Waals surface area contributed by atoms with Crippen molar-refractivity contribution < 1.29 is 70.0 Å². The molecule has 1 heterocycles. The van der Waals surface area contributed by atoms with Crippen LogP contribution in [0, 0.1) is 0 Å². The third kappa shape index (κ3) is 9.29. The average molecular weight is 933 g/mol. The van der Waals surface area contributed by atoms with E-state index in [1.807, 2.05) is 0 Å². The second-order valence-corrected chi connectivity index (χ2v) is 19.2. The number of benzene rings is 5. The van der Waals surface area contributed by atoms with Crippen LogP contribution in [-0.2, 0) is 50.6 Å². The predicted octanol–water partition coefficient (Wildman–Crippen LogP) is 4.26. The van der Waals surface area contributed by atoms with Crippen LogP contribution in [0.15, 0.2) is 101 Å². The predicted molar refractivity (Wildman–Crippen MR) is 205 cm³/mol. The van der Waals surface area contributed by atoms with Crippen molar-refractivity contribution in [2.45, 2.75) is 24.5 Å². The highest BCUT2D eigenvalue weighted by atomic mass is 35.5. The number of nitrogen functional groups attached to an aromatic ring is 1. The fraction of sp³-hybridized carbons (Fsp3) is 0. The number of hydrogen-bond donors (Lipinski definition) is 9. The van der Waals surface area contributed by atoms with Crippen molar-refractivity contribution in [1.29, 1.82) is 0 Å². The maximum absolute atomic E-state index is 12.5. The second kappa shape index (κ2) is 14.8. The van der Waals surface area contributed by atoms with E-state index in [1.54, 1.807) is 0 Å². The summed E-state index contributed by atoms with van der Waals surface area (Å²) in [5.41, 5.74) is 3.39. The summed E-state index contributed by atoms with van der Waals surface area (Å²) in [6.07, 6.45) is 0. The van der Waals surface area contributed by atoms with E-state index in [0.29, 0.717) is 18.2 Å². The number of halogens is 1. The summed E-state index contributed by atoms with van der Waals surface area (Å²) < 4.78 is 169. The van der Waals surface area contributed by atoms with E-state index in [9.17, 15) is 70.0 Å². The number of aromatic nitrogens is 3. The van der Waals surface area contributed by atoms with Gasteiger partial charge in [0.2, 0.25) is 17.2 Å². The van der Waals surface area contributed by atoms with E-state index in [2.05, 4.69) is 35.8 Å². The fourth-order valence-corrected chi connectivity index (χ4v) is 8.41. The molecule has 24 nitrogen and oxygen atoms in total. The highest BCUT2D eigenvalue weighted by Crippen LogP contribution is 2.44. The highest BCUT2D eigenvalue weighted by Gasteiger charge is 2.25. The molecule has 30 heteroatoms. The van der Waals surface area contributed by atoms with Gasteiger partial charge in [-0.05, 0) is 77.0 Å². The first-order valence-electron chi connectivity index (χ1n) is 15.2. The molecule has 0 saturated carbocycles. The number of azo groups is 1. The summed E-state index contributed by atoms with van der Waals surface area (Å²) in [4.78, 5) is 7.60. The molecule has 0 aliphatic heterocycles. The molecule has 6 aromatic rings. The van der Waals surface area contributed by atoms with Gasteiger partial charge in [-0.3, -0.25) is 22.8 Å². The monoisotopic (exact) mass is 932 g/mol. The number of nitrogens with one attached hydrogen (secondary N) is 2. The SMILES string of the molecule is Nc1c(S(=O)(=O)O)cc2cc(S(=O)(=O)O)cc(O)c2c1N=Nc1ccc(Nc2nc(Cl)nc(Nc3cc(S(=O)(=O)O)cc4cc(S(=O)(=O)O)ccc34)n2)cc1S(=O)(=O)O. The molecule has 0 saturated heterocycles. The molecule has 0 fully saturated rings. The van der Waals surface area contributed by atoms with Gasteiger partial charge in [-0.25, -0.2) is 0 Å². The van der Waals surface area contributed by atoms with Gasteiger partial charge in [0.05, 0.1) is 31.4 Å².